The molecule has 0 rings (SSSR count). The third-order valence-corrected chi connectivity index (χ3v) is 12.7. The maximum absolute atomic E-state index is 12.5. The van der Waals surface area contributed by atoms with Gasteiger partial charge in [-0.15, -0.1) is 0 Å². The summed E-state index contributed by atoms with van der Waals surface area (Å²) in [4.78, 5) is 12.5. The summed E-state index contributed by atoms with van der Waals surface area (Å²) < 4.78 is 0. The highest BCUT2D eigenvalue weighted by Gasteiger charge is 2.18. The summed E-state index contributed by atoms with van der Waals surface area (Å²) in [5.41, 5.74) is 0. The minimum absolute atomic E-state index is 0.0635. The lowest BCUT2D eigenvalue weighted by molar-refractivity contribution is -0.123. The van der Waals surface area contributed by atoms with Crippen LogP contribution in [0.1, 0.15) is 303 Å². The van der Waals surface area contributed by atoms with Crippen molar-refractivity contribution in [3.63, 3.8) is 0 Å². The van der Waals surface area contributed by atoms with Crippen molar-refractivity contribution in [2.24, 2.45) is 0 Å². The van der Waals surface area contributed by atoms with Crippen LogP contribution in [0.15, 0.2) is 24.3 Å². The Bertz CT molecular complexity index is 855. The van der Waals surface area contributed by atoms with Gasteiger partial charge in [-0.05, 0) is 44.9 Å². The van der Waals surface area contributed by atoms with E-state index in [1.807, 2.05) is 6.08 Å². The molecule has 4 heteroatoms. The molecule has 2 atom stereocenters. The second-order valence-corrected chi connectivity index (χ2v) is 18.7. The Morgan fingerprint density at radius 3 is 0.932 bits per heavy atom. The molecular formula is C55H107NO3. The molecule has 0 aliphatic heterocycles. The van der Waals surface area contributed by atoms with E-state index < -0.39 is 12.1 Å². The van der Waals surface area contributed by atoms with Crippen molar-refractivity contribution in [2.45, 2.75) is 315 Å². The van der Waals surface area contributed by atoms with Crippen molar-refractivity contribution < 1.29 is 15.0 Å². The Morgan fingerprint density at radius 1 is 0.390 bits per heavy atom. The highest BCUT2D eigenvalue weighted by molar-refractivity contribution is 5.76. The van der Waals surface area contributed by atoms with Gasteiger partial charge in [-0.3, -0.25) is 4.79 Å². The SMILES string of the molecule is CCCCCCCCCCCCCC/C=C\CCCCCCCCCC(=O)NC(CO)C(O)/C=C/CCCCCCCCCCCCCCCCCCCCCCCC. The lowest BCUT2D eigenvalue weighted by Gasteiger charge is -2.20. The molecule has 350 valence electrons. The third kappa shape index (κ3) is 47.8. The molecule has 0 spiro atoms. The lowest BCUT2D eigenvalue weighted by atomic mass is 10.0. The maximum atomic E-state index is 12.5. The van der Waals surface area contributed by atoms with Gasteiger partial charge in [0, 0.05) is 6.42 Å². The second-order valence-electron chi connectivity index (χ2n) is 18.7. The van der Waals surface area contributed by atoms with Gasteiger partial charge < -0.3 is 15.5 Å². The Kier molecular flexibility index (Phi) is 50.2. The quantitative estimate of drug-likeness (QED) is 0.0422. The van der Waals surface area contributed by atoms with E-state index in [-0.39, 0.29) is 12.5 Å². The Hall–Kier alpha value is -1.13. The van der Waals surface area contributed by atoms with Crippen molar-refractivity contribution in [3.8, 4) is 0 Å². The fraction of sp³-hybridized carbons (Fsp3) is 0.909. The molecule has 0 heterocycles. The normalized spacial score (nSPS) is 12.9. The number of carbonyl (C=O) groups is 1. The van der Waals surface area contributed by atoms with Gasteiger partial charge in [0.2, 0.25) is 5.91 Å². The summed E-state index contributed by atoms with van der Waals surface area (Å²) in [5.74, 6) is -0.0635. The molecule has 0 aromatic heterocycles. The van der Waals surface area contributed by atoms with Crippen molar-refractivity contribution in [1.29, 1.82) is 0 Å². The zero-order valence-corrected chi connectivity index (χ0v) is 40.3. The molecule has 0 aliphatic carbocycles. The number of amides is 1. The first-order chi connectivity index (χ1) is 29.2. The number of carbonyl (C=O) groups excluding carboxylic acids is 1. The van der Waals surface area contributed by atoms with Crippen LogP contribution in [-0.2, 0) is 4.79 Å². The molecule has 0 aromatic rings. The van der Waals surface area contributed by atoms with Crippen LogP contribution in [0.25, 0.3) is 0 Å². The van der Waals surface area contributed by atoms with E-state index in [2.05, 4.69) is 31.3 Å². The molecule has 0 saturated carbocycles. The molecule has 0 bridgehead atoms. The molecule has 0 radical (unpaired) electrons. The van der Waals surface area contributed by atoms with E-state index in [9.17, 15) is 15.0 Å². The molecule has 59 heavy (non-hydrogen) atoms. The van der Waals surface area contributed by atoms with Crippen LogP contribution in [-0.4, -0.2) is 34.9 Å². The number of rotatable bonds is 50. The van der Waals surface area contributed by atoms with Crippen LogP contribution in [0.2, 0.25) is 0 Å². The number of aliphatic hydroxyl groups excluding tert-OH is 2. The van der Waals surface area contributed by atoms with Crippen molar-refractivity contribution in [1.82, 2.24) is 5.32 Å². The van der Waals surface area contributed by atoms with E-state index in [4.69, 9.17) is 0 Å². The van der Waals surface area contributed by atoms with Gasteiger partial charge in [0.1, 0.15) is 0 Å². The fourth-order valence-electron chi connectivity index (χ4n) is 8.53. The number of nitrogens with one attached hydrogen (secondary N) is 1. The van der Waals surface area contributed by atoms with Gasteiger partial charge >= 0.3 is 0 Å². The molecule has 0 fully saturated rings. The van der Waals surface area contributed by atoms with Gasteiger partial charge in [0.05, 0.1) is 18.8 Å². The molecule has 3 N–H and O–H groups in total. The van der Waals surface area contributed by atoms with Crippen LogP contribution in [0.4, 0.5) is 0 Å². The van der Waals surface area contributed by atoms with E-state index in [0.29, 0.717) is 6.42 Å². The zero-order valence-electron chi connectivity index (χ0n) is 40.3. The molecule has 2 unspecified atom stereocenters. The van der Waals surface area contributed by atoms with Crippen molar-refractivity contribution >= 4 is 5.91 Å². The summed E-state index contributed by atoms with van der Waals surface area (Å²) >= 11 is 0. The highest BCUT2D eigenvalue weighted by atomic mass is 16.3. The molecule has 4 nitrogen and oxygen atoms in total. The van der Waals surface area contributed by atoms with E-state index in [1.165, 1.54) is 257 Å². The minimum Gasteiger partial charge on any atom is -0.394 e. The first-order valence-corrected chi connectivity index (χ1v) is 27.1. The summed E-state index contributed by atoms with van der Waals surface area (Å²) in [6.45, 7) is 4.34. The Balaban J connectivity index is 3.49. The largest absolute Gasteiger partial charge is 0.394 e. The van der Waals surface area contributed by atoms with E-state index >= 15 is 0 Å². The summed E-state index contributed by atoms with van der Waals surface area (Å²) in [7, 11) is 0. The van der Waals surface area contributed by atoms with Crippen LogP contribution < -0.4 is 5.32 Å². The van der Waals surface area contributed by atoms with Gasteiger partial charge in [-0.2, -0.15) is 0 Å². The van der Waals surface area contributed by atoms with Gasteiger partial charge in [-0.25, -0.2) is 0 Å². The predicted octanol–water partition coefficient (Wildman–Crippen LogP) is 17.5. The van der Waals surface area contributed by atoms with Crippen molar-refractivity contribution in [3.05, 3.63) is 24.3 Å². The van der Waals surface area contributed by atoms with Crippen LogP contribution >= 0.6 is 0 Å². The topological polar surface area (TPSA) is 69.6 Å². The third-order valence-electron chi connectivity index (χ3n) is 12.7. The molecule has 0 aromatic carbocycles. The number of allylic oxidation sites excluding steroid dienone is 3. The summed E-state index contributed by atoms with van der Waals surface area (Å²) in [5, 5.41) is 23.2. The smallest absolute Gasteiger partial charge is 0.220 e. The average molecular weight is 830 g/mol. The van der Waals surface area contributed by atoms with E-state index in [1.54, 1.807) is 6.08 Å². The Labute approximate surface area is 370 Å². The summed E-state index contributed by atoms with van der Waals surface area (Å²) in [6, 6.07) is -0.623. The van der Waals surface area contributed by atoms with Gasteiger partial charge in [-0.1, -0.05) is 276 Å². The standard InChI is InChI=1S/C55H107NO3/c1-3-5-7-9-11-13-15-17-19-21-23-25-27-29-30-32-34-36-38-40-42-44-46-48-50-54(58)53(52-57)56-55(59)51-49-47-45-43-41-39-37-35-33-31-28-26-24-22-20-18-16-14-12-10-8-6-4-2/h31,33,48,50,53-54,57-58H,3-30,32,34-47,49,51-52H2,1-2H3,(H,56,59)/b33-31-,50-48+. The fourth-order valence-corrected chi connectivity index (χ4v) is 8.53. The van der Waals surface area contributed by atoms with Crippen LogP contribution in [0.5, 0.6) is 0 Å². The van der Waals surface area contributed by atoms with Crippen LogP contribution in [0, 0.1) is 0 Å². The maximum Gasteiger partial charge on any atom is 0.220 e. The van der Waals surface area contributed by atoms with E-state index in [0.717, 1.165) is 25.7 Å². The molecule has 0 saturated heterocycles. The van der Waals surface area contributed by atoms with Crippen LogP contribution in [0.3, 0.4) is 0 Å². The average Bonchev–Trinajstić information content (AvgIpc) is 3.24. The monoisotopic (exact) mass is 830 g/mol. The first-order valence-electron chi connectivity index (χ1n) is 27.1. The Morgan fingerprint density at radius 2 is 0.644 bits per heavy atom. The summed E-state index contributed by atoms with van der Waals surface area (Å²) in [6.07, 6.45) is 67.6. The number of hydrogen-bond acceptors (Lipinski definition) is 3. The number of hydrogen-bond donors (Lipinski definition) is 3. The number of aliphatic hydroxyl groups is 2. The number of unbranched alkanes of at least 4 members (excludes halogenated alkanes) is 41. The molecular weight excluding hydrogens is 723 g/mol. The minimum atomic E-state index is -0.840. The predicted molar refractivity (Wildman–Crippen MR) is 262 cm³/mol. The van der Waals surface area contributed by atoms with Gasteiger partial charge in [0.25, 0.3) is 0 Å². The first kappa shape index (κ1) is 57.9. The lowest BCUT2D eigenvalue weighted by Crippen LogP contribution is -2.45. The van der Waals surface area contributed by atoms with Gasteiger partial charge in [0.15, 0.2) is 0 Å². The van der Waals surface area contributed by atoms with Crippen molar-refractivity contribution in [2.75, 3.05) is 6.61 Å². The second kappa shape index (κ2) is 51.2. The molecule has 1 amide bonds. The zero-order chi connectivity index (χ0) is 42.8. The highest BCUT2D eigenvalue weighted by Crippen LogP contribution is 2.17. The molecule has 0 aliphatic rings.